The normalized spacial score (nSPS) is 16.5. The van der Waals surface area contributed by atoms with Gasteiger partial charge in [0.1, 0.15) is 5.75 Å². The SMILES string of the molecule is C#CCN1C(=O)C2(CC2)Oc2cc(F)c(-n3c(=O)n(C)c(=S)n(C)c3=O)cc21. The molecule has 0 bridgehead atoms. The number of benzene rings is 1. The molecule has 0 N–H and O–H groups in total. The number of anilines is 1. The number of hydrogen-bond acceptors (Lipinski definition) is 5. The maximum Gasteiger partial charge on any atom is 0.338 e. The Morgan fingerprint density at radius 1 is 1.18 bits per heavy atom. The van der Waals surface area contributed by atoms with E-state index in [2.05, 4.69) is 5.92 Å². The van der Waals surface area contributed by atoms with E-state index in [-0.39, 0.29) is 34.3 Å². The molecule has 28 heavy (non-hydrogen) atoms. The Morgan fingerprint density at radius 2 is 1.79 bits per heavy atom. The number of carbonyl (C=O) groups is 1. The lowest BCUT2D eigenvalue weighted by Gasteiger charge is -2.34. The van der Waals surface area contributed by atoms with Crippen LogP contribution in [0.2, 0.25) is 0 Å². The topological polar surface area (TPSA) is 78.5 Å². The predicted molar refractivity (Wildman–Crippen MR) is 101 cm³/mol. The fourth-order valence-electron chi connectivity index (χ4n) is 3.26. The second-order valence-corrected chi connectivity index (χ2v) is 7.13. The summed E-state index contributed by atoms with van der Waals surface area (Å²) in [5, 5.41) is 0. The average molecular weight is 402 g/mol. The lowest BCUT2D eigenvalue weighted by atomic mass is 10.1. The zero-order valence-electron chi connectivity index (χ0n) is 15.1. The van der Waals surface area contributed by atoms with E-state index in [0.29, 0.717) is 17.4 Å². The van der Waals surface area contributed by atoms with E-state index < -0.39 is 22.8 Å². The molecule has 0 atom stereocenters. The number of hydrogen-bond donors (Lipinski definition) is 0. The molecule has 1 aliphatic heterocycles. The van der Waals surface area contributed by atoms with E-state index in [0.717, 1.165) is 15.2 Å². The molecule has 2 heterocycles. The minimum atomic E-state index is -0.999. The zero-order chi connectivity index (χ0) is 20.4. The van der Waals surface area contributed by atoms with Gasteiger partial charge in [0.05, 0.1) is 17.9 Å². The minimum Gasteiger partial charge on any atom is -0.475 e. The Morgan fingerprint density at radius 3 is 2.32 bits per heavy atom. The zero-order valence-corrected chi connectivity index (χ0v) is 15.9. The molecule has 0 unspecified atom stereocenters. The van der Waals surface area contributed by atoms with E-state index in [4.69, 9.17) is 23.4 Å². The van der Waals surface area contributed by atoms with Crippen LogP contribution in [-0.4, -0.2) is 31.8 Å². The molecule has 1 aromatic heterocycles. The number of carbonyl (C=O) groups excluding carboxylic acids is 1. The Labute approximate surface area is 163 Å². The van der Waals surface area contributed by atoms with Crippen LogP contribution in [0.4, 0.5) is 10.1 Å². The fourth-order valence-corrected chi connectivity index (χ4v) is 3.42. The molecule has 10 heteroatoms. The number of terminal acetylenes is 1. The van der Waals surface area contributed by atoms with Crippen molar-refractivity contribution in [3.05, 3.63) is 43.7 Å². The van der Waals surface area contributed by atoms with Crippen molar-refractivity contribution in [2.75, 3.05) is 11.4 Å². The highest BCUT2D eigenvalue weighted by Crippen LogP contribution is 2.49. The number of rotatable bonds is 2. The third kappa shape index (κ3) is 2.36. The van der Waals surface area contributed by atoms with Gasteiger partial charge in [0.15, 0.2) is 16.2 Å². The molecule has 2 aromatic rings. The summed E-state index contributed by atoms with van der Waals surface area (Å²) in [6, 6.07) is 2.29. The largest absolute Gasteiger partial charge is 0.475 e. The van der Waals surface area contributed by atoms with Crippen molar-refractivity contribution < 1.29 is 13.9 Å². The molecule has 8 nitrogen and oxygen atoms in total. The highest BCUT2D eigenvalue weighted by Gasteiger charge is 2.58. The monoisotopic (exact) mass is 402 g/mol. The van der Waals surface area contributed by atoms with Gasteiger partial charge in [-0.2, -0.15) is 0 Å². The van der Waals surface area contributed by atoms with Crippen molar-refractivity contribution in [3.8, 4) is 23.8 Å². The number of halogens is 1. The van der Waals surface area contributed by atoms with Crippen molar-refractivity contribution in [2.45, 2.75) is 18.4 Å². The van der Waals surface area contributed by atoms with Crippen molar-refractivity contribution in [1.82, 2.24) is 13.7 Å². The van der Waals surface area contributed by atoms with E-state index >= 15 is 0 Å². The first kappa shape index (κ1) is 18.2. The van der Waals surface area contributed by atoms with Gasteiger partial charge in [-0.3, -0.25) is 18.8 Å². The average Bonchev–Trinajstić information content (AvgIpc) is 3.44. The van der Waals surface area contributed by atoms with Crippen LogP contribution >= 0.6 is 12.2 Å². The van der Waals surface area contributed by atoms with Crippen LogP contribution < -0.4 is 21.0 Å². The molecular formula is C18H15FN4O4S. The first-order chi connectivity index (χ1) is 13.2. The summed E-state index contributed by atoms with van der Waals surface area (Å²) in [6.07, 6.45) is 6.43. The van der Waals surface area contributed by atoms with Crippen molar-refractivity contribution in [2.24, 2.45) is 14.1 Å². The number of aromatic nitrogens is 3. The van der Waals surface area contributed by atoms with Crippen molar-refractivity contribution in [3.63, 3.8) is 0 Å². The van der Waals surface area contributed by atoms with Gasteiger partial charge in [0.25, 0.3) is 5.91 Å². The molecule has 0 radical (unpaired) electrons. The summed E-state index contributed by atoms with van der Waals surface area (Å²) in [5.74, 6) is 1.38. The summed E-state index contributed by atoms with van der Waals surface area (Å²) in [7, 11) is 2.76. The fraction of sp³-hybridized carbons (Fsp3) is 0.333. The van der Waals surface area contributed by atoms with E-state index in [1.165, 1.54) is 25.1 Å². The summed E-state index contributed by atoms with van der Waals surface area (Å²) < 4.78 is 23.4. The molecule has 1 aliphatic carbocycles. The Kier molecular flexibility index (Phi) is 3.83. The van der Waals surface area contributed by atoms with Gasteiger partial charge >= 0.3 is 11.4 Å². The van der Waals surface area contributed by atoms with Crippen LogP contribution in [0.5, 0.6) is 5.75 Å². The Balaban J connectivity index is 2.00. The van der Waals surface area contributed by atoms with Gasteiger partial charge in [-0.05, 0) is 18.3 Å². The highest BCUT2D eigenvalue weighted by molar-refractivity contribution is 7.71. The Bertz CT molecular complexity index is 1220. The second kappa shape index (κ2) is 5.90. The van der Waals surface area contributed by atoms with E-state index in [1.54, 1.807) is 0 Å². The maximum atomic E-state index is 14.9. The van der Waals surface area contributed by atoms with Crippen LogP contribution in [-0.2, 0) is 18.9 Å². The summed E-state index contributed by atoms with van der Waals surface area (Å²) >= 11 is 5.03. The summed E-state index contributed by atoms with van der Waals surface area (Å²) in [6.45, 7) is -0.0478. The summed E-state index contributed by atoms with van der Waals surface area (Å²) in [5.41, 5.74) is -2.73. The predicted octanol–water partition coefficient (Wildman–Crippen LogP) is 0.634. The highest BCUT2D eigenvalue weighted by atomic mass is 32.1. The standard InChI is InChI=1S/C18H15FN4O4S/c1-4-7-22-12-9-11(23-15(25)20(2)17(28)21(3)16(23)26)10(19)8-13(12)27-18(5-6-18)14(22)24/h1,8-9H,5-7H2,2-3H3. The molecule has 1 amide bonds. The molecule has 1 spiro atoms. The van der Waals surface area contributed by atoms with Gasteiger partial charge in [-0.25, -0.2) is 18.5 Å². The van der Waals surface area contributed by atoms with Gasteiger partial charge in [0, 0.05) is 33.0 Å². The number of fused-ring (bicyclic) bond motifs is 1. The van der Waals surface area contributed by atoms with E-state index in [9.17, 15) is 18.8 Å². The summed E-state index contributed by atoms with van der Waals surface area (Å²) in [4.78, 5) is 39.3. The van der Waals surface area contributed by atoms with Crippen LogP contribution in [0.1, 0.15) is 12.8 Å². The van der Waals surface area contributed by atoms with Gasteiger partial charge in [-0.15, -0.1) is 6.42 Å². The molecule has 1 aromatic carbocycles. The van der Waals surface area contributed by atoms with Crippen molar-refractivity contribution >= 4 is 23.8 Å². The molecule has 144 valence electrons. The molecule has 0 saturated heterocycles. The van der Waals surface area contributed by atoms with Crippen molar-refractivity contribution in [1.29, 1.82) is 0 Å². The smallest absolute Gasteiger partial charge is 0.338 e. The van der Waals surface area contributed by atoms with Gasteiger partial charge in [0.2, 0.25) is 0 Å². The number of ether oxygens (including phenoxy) is 1. The minimum absolute atomic E-state index is 0.00670. The lowest BCUT2D eigenvalue weighted by molar-refractivity contribution is -0.128. The van der Waals surface area contributed by atoms with Gasteiger partial charge < -0.3 is 4.74 Å². The molecule has 1 saturated carbocycles. The van der Waals surface area contributed by atoms with E-state index in [1.807, 2.05) is 0 Å². The van der Waals surface area contributed by atoms with Crippen LogP contribution in [0.3, 0.4) is 0 Å². The van der Waals surface area contributed by atoms with Gasteiger partial charge in [-0.1, -0.05) is 5.92 Å². The first-order valence-corrected chi connectivity index (χ1v) is 8.80. The maximum absolute atomic E-state index is 14.9. The lowest BCUT2D eigenvalue weighted by Crippen LogP contribution is -2.48. The number of nitrogens with zero attached hydrogens (tertiary/aromatic N) is 4. The first-order valence-electron chi connectivity index (χ1n) is 8.39. The number of amides is 1. The Hall–Kier alpha value is -3.19. The quantitative estimate of drug-likeness (QED) is 0.544. The molecule has 2 aliphatic rings. The van der Waals surface area contributed by atoms with Crippen LogP contribution in [0, 0.1) is 22.9 Å². The third-order valence-electron chi connectivity index (χ3n) is 4.98. The molecular weight excluding hydrogens is 387 g/mol. The second-order valence-electron chi connectivity index (χ2n) is 6.76. The van der Waals surface area contributed by atoms with Crippen LogP contribution in [0.25, 0.3) is 5.69 Å². The molecule has 4 rings (SSSR count). The third-order valence-corrected chi connectivity index (χ3v) is 5.53. The van der Waals surface area contributed by atoms with Crippen LogP contribution in [0.15, 0.2) is 21.7 Å². The molecule has 1 fully saturated rings.